The van der Waals surface area contributed by atoms with Gasteiger partial charge in [0.1, 0.15) is 11.5 Å². The zero-order chi connectivity index (χ0) is 16.6. The fourth-order valence-corrected chi connectivity index (χ4v) is 5.17. The van der Waals surface area contributed by atoms with Gasteiger partial charge in [-0.15, -0.1) is 0 Å². The first kappa shape index (κ1) is 14.1. The van der Waals surface area contributed by atoms with E-state index in [0.717, 1.165) is 0 Å². The highest BCUT2D eigenvalue weighted by atomic mass is 16.5. The van der Waals surface area contributed by atoms with Gasteiger partial charge in [-0.3, -0.25) is 9.59 Å². The molecule has 2 bridgehead atoms. The maximum Gasteiger partial charge on any atom is 0.238 e. The number of hydrogen-bond donors (Lipinski definition) is 0. The summed E-state index contributed by atoms with van der Waals surface area (Å²) < 4.78 is 10.7. The van der Waals surface area contributed by atoms with E-state index in [1.807, 2.05) is 0 Å². The van der Waals surface area contributed by atoms with Crippen LogP contribution in [0.2, 0.25) is 0 Å². The highest BCUT2D eigenvalue weighted by molar-refractivity contribution is 6.23. The van der Waals surface area contributed by atoms with Crippen LogP contribution in [0.4, 0.5) is 5.69 Å². The Kier molecular flexibility index (Phi) is 2.71. The summed E-state index contributed by atoms with van der Waals surface area (Å²) >= 11 is 0. The summed E-state index contributed by atoms with van der Waals surface area (Å²) in [5.41, 5.74) is 0.495. The Morgan fingerprint density at radius 1 is 0.958 bits per heavy atom. The molecule has 5 heteroatoms. The maximum atomic E-state index is 13.1. The average Bonchev–Trinajstić information content (AvgIpc) is 3.39. The first-order chi connectivity index (χ1) is 11.7. The molecule has 0 N–H and O–H groups in total. The number of ether oxygens (including phenoxy) is 2. The zero-order valence-corrected chi connectivity index (χ0v) is 13.6. The van der Waals surface area contributed by atoms with Gasteiger partial charge in [0, 0.05) is 6.07 Å². The Labute approximate surface area is 140 Å². The van der Waals surface area contributed by atoms with Crippen LogP contribution in [0.25, 0.3) is 0 Å². The number of rotatable bonds is 3. The molecule has 5 nitrogen and oxygen atoms in total. The van der Waals surface area contributed by atoms with Gasteiger partial charge in [0.05, 0.1) is 31.7 Å². The van der Waals surface area contributed by atoms with Gasteiger partial charge in [0.2, 0.25) is 11.8 Å². The molecule has 5 aliphatic rings. The molecule has 124 valence electrons. The fourth-order valence-electron chi connectivity index (χ4n) is 5.17. The molecule has 1 aliphatic heterocycles. The third-order valence-corrected chi connectivity index (χ3v) is 6.29. The quantitative estimate of drug-likeness (QED) is 0.632. The lowest BCUT2D eigenvalue weighted by molar-refractivity contribution is -0.124. The van der Waals surface area contributed by atoms with Gasteiger partial charge in [-0.25, -0.2) is 4.90 Å². The van der Waals surface area contributed by atoms with Crippen molar-refractivity contribution in [1.82, 2.24) is 0 Å². The molecule has 0 unspecified atom stereocenters. The summed E-state index contributed by atoms with van der Waals surface area (Å²) in [6.45, 7) is 0. The van der Waals surface area contributed by atoms with Crippen molar-refractivity contribution in [2.24, 2.45) is 35.5 Å². The molecule has 1 aromatic carbocycles. The minimum atomic E-state index is -0.202. The molecule has 2 saturated carbocycles. The molecule has 1 saturated heterocycles. The molecule has 24 heavy (non-hydrogen) atoms. The van der Waals surface area contributed by atoms with E-state index in [-0.39, 0.29) is 35.5 Å². The monoisotopic (exact) mass is 325 g/mol. The number of anilines is 1. The summed E-state index contributed by atoms with van der Waals surface area (Å²) in [7, 11) is 3.11. The average molecular weight is 325 g/mol. The molecule has 1 heterocycles. The number of imide groups is 1. The van der Waals surface area contributed by atoms with Gasteiger partial charge in [-0.2, -0.15) is 0 Å². The number of carbonyl (C=O) groups is 2. The molecular formula is C19H19NO4. The molecule has 6 rings (SSSR count). The van der Waals surface area contributed by atoms with Crippen LogP contribution >= 0.6 is 0 Å². The van der Waals surface area contributed by atoms with E-state index in [4.69, 9.17) is 9.47 Å². The Hall–Kier alpha value is -2.30. The number of benzene rings is 1. The van der Waals surface area contributed by atoms with Crippen LogP contribution in [0.1, 0.15) is 6.42 Å². The zero-order valence-electron chi connectivity index (χ0n) is 13.6. The summed E-state index contributed by atoms with van der Waals surface area (Å²) in [6, 6.07) is 5.21. The van der Waals surface area contributed by atoms with E-state index in [9.17, 15) is 9.59 Å². The second-order valence-electron chi connectivity index (χ2n) is 7.20. The third-order valence-electron chi connectivity index (χ3n) is 6.29. The predicted octanol–water partition coefficient (Wildman–Crippen LogP) is 2.26. The van der Waals surface area contributed by atoms with Crippen LogP contribution in [0.15, 0.2) is 30.4 Å². The van der Waals surface area contributed by atoms with Crippen LogP contribution in [0.5, 0.6) is 11.5 Å². The molecule has 0 radical (unpaired) electrons. The minimum absolute atomic E-state index is 0.0822. The number of carbonyl (C=O) groups excluding carboxylic acids is 2. The van der Waals surface area contributed by atoms with Crippen LogP contribution in [0, 0.1) is 35.5 Å². The molecule has 4 aliphatic carbocycles. The van der Waals surface area contributed by atoms with Crippen LogP contribution in [-0.4, -0.2) is 26.0 Å². The SMILES string of the molecule is COc1ccc(OC)c(N2C(=O)[C@@H]3[C@H]4C=C[C@@H]([C@@H]5C[C@H]45)[C@@H]3C2=O)c1. The van der Waals surface area contributed by atoms with E-state index < -0.39 is 0 Å². The lowest BCUT2D eigenvalue weighted by Crippen LogP contribution is -2.40. The first-order valence-corrected chi connectivity index (χ1v) is 8.44. The lowest BCUT2D eigenvalue weighted by Gasteiger charge is -2.37. The first-order valence-electron chi connectivity index (χ1n) is 8.44. The topological polar surface area (TPSA) is 55.8 Å². The minimum Gasteiger partial charge on any atom is -0.497 e. The highest BCUT2D eigenvalue weighted by Crippen LogP contribution is 2.65. The molecule has 3 fully saturated rings. The van der Waals surface area contributed by atoms with E-state index >= 15 is 0 Å². The van der Waals surface area contributed by atoms with E-state index in [1.54, 1.807) is 32.4 Å². The molecule has 2 amide bonds. The third kappa shape index (κ3) is 1.60. The molecule has 0 spiro atoms. The van der Waals surface area contributed by atoms with Crippen molar-refractivity contribution in [2.45, 2.75) is 6.42 Å². The summed E-state index contributed by atoms with van der Waals surface area (Å²) in [5.74, 6) is 2.20. The Morgan fingerprint density at radius 2 is 1.58 bits per heavy atom. The molecule has 1 aromatic rings. The van der Waals surface area contributed by atoms with Crippen molar-refractivity contribution in [3.63, 3.8) is 0 Å². The standard InChI is InChI=1S/C19H19NO4/c1-23-9-3-6-15(24-2)14(7-9)20-18(21)16-10-4-5-11(13-8-12(10)13)17(16)19(20)22/h3-7,10-13,16-17H,8H2,1-2H3/t10-,11-,12-,13+,16-,17+/m0/s1. The predicted molar refractivity (Wildman–Crippen MR) is 86.7 cm³/mol. The molecule has 6 atom stereocenters. The van der Waals surface area contributed by atoms with E-state index in [1.165, 1.54) is 11.3 Å². The number of allylic oxidation sites excluding steroid dienone is 2. The summed E-state index contributed by atoms with van der Waals surface area (Å²) in [4.78, 5) is 27.6. The van der Waals surface area contributed by atoms with Crippen molar-refractivity contribution >= 4 is 17.5 Å². The number of amides is 2. The summed E-state index contributed by atoms with van der Waals surface area (Å²) in [5, 5.41) is 0. The fraction of sp³-hybridized carbons (Fsp3) is 0.474. The smallest absolute Gasteiger partial charge is 0.238 e. The summed E-state index contributed by atoms with van der Waals surface area (Å²) in [6.07, 6.45) is 5.52. The van der Waals surface area contributed by atoms with Crippen molar-refractivity contribution in [3.05, 3.63) is 30.4 Å². The van der Waals surface area contributed by atoms with Gasteiger partial charge in [0.25, 0.3) is 0 Å². The van der Waals surface area contributed by atoms with Crippen molar-refractivity contribution < 1.29 is 19.1 Å². The van der Waals surface area contributed by atoms with Crippen LogP contribution in [-0.2, 0) is 9.59 Å². The largest absolute Gasteiger partial charge is 0.497 e. The molecular weight excluding hydrogens is 306 g/mol. The van der Waals surface area contributed by atoms with Gasteiger partial charge >= 0.3 is 0 Å². The van der Waals surface area contributed by atoms with Gasteiger partial charge in [-0.05, 0) is 42.2 Å². The number of nitrogens with zero attached hydrogens (tertiary/aromatic N) is 1. The van der Waals surface area contributed by atoms with E-state index in [0.29, 0.717) is 29.0 Å². The van der Waals surface area contributed by atoms with Crippen LogP contribution < -0.4 is 14.4 Å². The van der Waals surface area contributed by atoms with Crippen molar-refractivity contribution in [2.75, 3.05) is 19.1 Å². The maximum absolute atomic E-state index is 13.1. The Balaban J connectivity index is 1.60. The molecule has 0 aromatic heterocycles. The second-order valence-corrected chi connectivity index (χ2v) is 7.20. The van der Waals surface area contributed by atoms with Gasteiger partial charge in [0.15, 0.2) is 0 Å². The van der Waals surface area contributed by atoms with Gasteiger partial charge < -0.3 is 9.47 Å². The lowest BCUT2D eigenvalue weighted by atomic mass is 9.63. The van der Waals surface area contributed by atoms with Gasteiger partial charge in [-0.1, -0.05) is 12.2 Å². The second kappa shape index (κ2) is 4.62. The normalized spacial score (nSPS) is 38.2. The Morgan fingerprint density at radius 3 is 2.12 bits per heavy atom. The van der Waals surface area contributed by atoms with E-state index in [2.05, 4.69) is 12.2 Å². The van der Waals surface area contributed by atoms with Crippen LogP contribution in [0.3, 0.4) is 0 Å². The number of methoxy groups -OCH3 is 2. The van der Waals surface area contributed by atoms with Crippen molar-refractivity contribution in [3.8, 4) is 11.5 Å². The highest BCUT2D eigenvalue weighted by Gasteiger charge is 2.67. The Bertz CT molecular complexity index is 750. The van der Waals surface area contributed by atoms with Crippen molar-refractivity contribution in [1.29, 1.82) is 0 Å². The number of hydrogen-bond acceptors (Lipinski definition) is 4.